The normalized spacial score (nSPS) is 11.3. The van der Waals surface area contributed by atoms with Crippen molar-refractivity contribution < 1.29 is 4.79 Å². The van der Waals surface area contributed by atoms with Gasteiger partial charge in [0.15, 0.2) is 11.2 Å². The predicted octanol–water partition coefficient (Wildman–Crippen LogP) is 4.77. The van der Waals surface area contributed by atoms with E-state index in [0.29, 0.717) is 5.56 Å². The largest absolute Gasteiger partial charge is 0.294 e. The molecule has 0 radical (unpaired) electrons. The second-order valence-electron chi connectivity index (χ2n) is 5.33. The molecule has 0 fully saturated rings. The summed E-state index contributed by atoms with van der Waals surface area (Å²) < 4.78 is 1.92. The minimum absolute atomic E-state index is 0.0399. The molecule has 0 spiro atoms. The van der Waals surface area contributed by atoms with E-state index in [1.54, 1.807) is 18.3 Å². The number of carbonyl (C=O) groups is 1. The number of ketones is 1. The molecule has 0 unspecified atom stereocenters. The van der Waals surface area contributed by atoms with Crippen LogP contribution in [0.15, 0.2) is 59.4 Å². The lowest BCUT2D eigenvalue weighted by Gasteiger charge is -2.07. The summed E-state index contributed by atoms with van der Waals surface area (Å²) in [5.41, 5.74) is 0.756. The van der Waals surface area contributed by atoms with Crippen LogP contribution >= 0.6 is 11.3 Å². The van der Waals surface area contributed by atoms with Crippen molar-refractivity contribution in [1.82, 2.24) is 0 Å². The monoisotopic (exact) mass is 304 g/mol. The van der Waals surface area contributed by atoms with E-state index < -0.39 is 0 Å². The van der Waals surface area contributed by atoms with E-state index in [0.717, 1.165) is 30.9 Å². The Balaban J connectivity index is 2.28. The molecule has 0 aliphatic heterocycles. The molecule has 0 bridgehead atoms. The first-order chi connectivity index (χ1) is 10.7. The number of carbonyl (C=O) groups excluding carboxylic acids is 1. The second kappa shape index (κ2) is 4.75. The molecule has 0 saturated heterocycles. The zero-order valence-corrected chi connectivity index (χ0v) is 12.7. The SMILES string of the molecule is CC(=O)c1cccc2c1ccc1c(=O)c3ccccc3sc12. The summed E-state index contributed by atoms with van der Waals surface area (Å²) in [6.45, 7) is 1.57. The zero-order chi connectivity index (χ0) is 15.3. The number of rotatable bonds is 1. The molecule has 1 heterocycles. The van der Waals surface area contributed by atoms with Gasteiger partial charge in [-0.15, -0.1) is 11.3 Å². The highest BCUT2D eigenvalue weighted by molar-refractivity contribution is 7.25. The first-order valence-corrected chi connectivity index (χ1v) is 7.87. The Bertz CT molecular complexity index is 1120. The van der Waals surface area contributed by atoms with Crippen LogP contribution in [-0.2, 0) is 0 Å². The highest BCUT2D eigenvalue weighted by Gasteiger charge is 2.11. The molecule has 2 nitrogen and oxygen atoms in total. The van der Waals surface area contributed by atoms with Crippen LogP contribution in [0.25, 0.3) is 30.9 Å². The van der Waals surface area contributed by atoms with Crippen molar-refractivity contribution in [3.63, 3.8) is 0 Å². The molecule has 3 heteroatoms. The van der Waals surface area contributed by atoms with Gasteiger partial charge in [-0.05, 0) is 30.5 Å². The Morgan fingerprint density at radius 3 is 2.36 bits per heavy atom. The molecular formula is C19H12O2S. The van der Waals surface area contributed by atoms with Crippen LogP contribution in [0.1, 0.15) is 17.3 Å². The van der Waals surface area contributed by atoms with Crippen LogP contribution < -0.4 is 5.43 Å². The minimum atomic E-state index is 0.0399. The molecule has 4 aromatic rings. The van der Waals surface area contributed by atoms with Gasteiger partial charge < -0.3 is 0 Å². The number of Topliss-reactive ketones (excluding diaryl/α,β-unsaturated/α-hetero) is 1. The van der Waals surface area contributed by atoms with Gasteiger partial charge in [-0.2, -0.15) is 0 Å². The standard InChI is InChI=1S/C19H12O2S/c1-11(20)12-6-4-7-14-13(12)9-10-16-18(21)15-5-2-3-8-17(15)22-19(14)16/h2-10H,1H3. The maximum atomic E-state index is 12.7. The molecule has 0 atom stereocenters. The van der Waals surface area contributed by atoms with Crippen LogP contribution in [0.4, 0.5) is 0 Å². The fourth-order valence-electron chi connectivity index (χ4n) is 2.92. The molecule has 0 aliphatic rings. The molecule has 106 valence electrons. The molecular weight excluding hydrogens is 292 g/mol. The molecule has 0 aliphatic carbocycles. The van der Waals surface area contributed by atoms with Gasteiger partial charge in [0.25, 0.3) is 0 Å². The van der Waals surface area contributed by atoms with Gasteiger partial charge in [0.2, 0.25) is 0 Å². The van der Waals surface area contributed by atoms with Gasteiger partial charge in [0.1, 0.15) is 0 Å². The molecule has 4 rings (SSSR count). The lowest BCUT2D eigenvalue weighted by molar-refractivity contribution is 0.101. The maximum absolute atomic E-state index is 12.7. The quantitative estimate of drug-likeness (QED) is 0.288. The van der Waals surface area contributed by atoms with Crippen LogP contribution in [0, 0.1) is 0 Å². The van der Waals surface area contributed by atoms with E-state index in [-0.39, 0.29) is 11.2 Å². The van der Waals surface area contributed by atoms with Crippen molar-refractivity contribution in [2.45, 2.75) is 6.92 Å². The van der Waals surface area contributed by atoms with Crippen LogP contribution in [0.5, 0.6) is 0 Å². The van der Waals surface area contributed by atoms with E-state index in [1.165, 1.54) is 0 Å². The van der Waals surface area contributed by atoms with E-state index in [2.05, 4.69) is 0 Å². The van der Waals surface area contributed by atoms with E-state index in [1.807, 2.05) is 54.6 Å². The van der Waals surface area contributed by atoms with Gasteiger partial charge >= 0.3 is 0 Å². The van der Waals surface area contributed by atoms with E-state index >= 15 is 0 Å². The Labute approximate surface area is 130 Å². The Morgan fingerprint density at radius 2 is 1.55 bits per heavy atom. The third kappa shape index (κ3) is 1.79. The highest BCUT2D eigenvalue weighted by Crippen LogP contribution is 2.32. The number of fused-ring (bicyclic) bond motifs is 4. The van der Waals surface area contributed by atoms with Crippen molar-refractivity contribution in [3.05, 3.63) is 70.4 Å². The van der Waals surface area contributed by atoms with Gasteiger partial charge in [-0.25, -0.2) is 0 Å². The van der Waals surface area contributed by atoms with E-state index in [4.69, 9.17) is 0 Å². The maximum Gasteiger partial charge on any atom is 0.195 e. The zero-order valence-electron chi connectivity index (χ0n) is 11.9. The summed E-state index contributed by atoms with van der Waals surface area (Å²) in [4.78, 5) is 24.5. The number of benzene rings is 3. The topological polar surface area (TPSA) is 34.1 Å². The summed E-state index contributed by atoms with van der Waals surface area (Å²) in [5, 5.41) is 3.35. The van der Waals surface area contributed by atoms with Gasteiger partial charge in [-0.3, -0.25) is 9.59 Å². The third-order valence-electron chi connectivity index (χ3n) is 3.98. The summed E-state index contributed by atoms with van der Waals surface area (Å²) in [5.74, 6) is 0.0399. The molecule has 0 N–H and O–H groups in total. The summed E-state index contributed by atoms with van der Waals surface area (Å²) in [6, 6.07) is 17.1. The van der Waals surface area contributed by atoms with Crippen molar-refractivity contribution >= 4 is 48.1 Å². The fourth-order valence-corrected chi connectivity index (χ4v) is 4.12. The first-order valence-electron chi connectivity index (χ1n) is 7.05. The van der Waals surface area contributed by atoms with E-state index in [9.17, 15) is 9.59 Å². The summed E-state index contributed by atoms with van der Waals surface area (Å²) >= 11 is 1.60. The van der Waals surface area contributed by atoms with Crippen LogP contribution in [-0.4, -0.2) is 5.78 Å². The predicted molar refractivity (Wildman–Crippen MR) is 93.1 cm³/mol. The average molecular weight is 304 g/mol. The minimum Gasteiger partial charge on any atom is -0.294 e. The third-order valence-corrected chi connectivity index (χ3v) is 5.20. The van der Waals surface area contributed by atoms with Crippen LogP contribution in [0.2, 0.25) is 0 Å². The highest BCUT2D eigenvalue weighted by atomic mass is 32.1. The number of hydrogen-bond donors (Lipinski definition) is 0. The number of hydrogen-bond acceptors (Lipinski definition) is 3. The van der Waals surface area contributed by atoms with Crippen molar-refractivity contribution in [3.8, 4) is 0 Å². The Hall–Kier alpha value is -2.52. The molecule has 22 heavy (non-hydrogen) atoms. The smallest absolute Gasteiger partial charge is 0.195 e. The molecule has 3 aromatic carbocycles. The van der Waals surface area contributed by atoms with Gasteiger partial charge in [0, 0.05) is 31.1 Å². The van der Waals surface area contributed by atoms with Gasteiger partial charge in [0.05, 0.1) is 0 Å². The lowest BCUT2D eigenvalue weighted by atomic mass is 10.0. The fraction of sp³-hybridized carbons (Fsp3) is 0.0526. The Morgan fingerprint density at radius 1 is 0.818 bits per heavy atom. The van der Waals surface area contributed by atoms with Crippen molar-refractivity contribution in [1.29, 1.82) is 0 Å². The summed E-state index contributed by atoms with van der Waals surface area (Å²) in [7, 11) is 0. The molecule has 1 aromatic heterocycles. The van der Waals surface area contributed by atoms with Crippen molar-refractivity contribution in [2.24, 2.45) is 0 Å². The van der Waals surface area contributed by atoms with Gasteiger partial charge in [-0.1, -0.05) is 36.4 Å². The molecule has 0 amide bonds. The van der Waals surface area contributed by atoms with Crippen LogP contribution in [0.3, 0.4) is 0 Å². The second-order valence-corrected chi connectivity index (χ2v) is 6.38. The van der Waals surface area contributed by atoms with Crippen molar-refractivity contribution in [2.75, 3.05) is 0 Å². The molecule has 0 saturated carbocycles. The first kappa shape index (κ1) is 13.2. The average Bonchev–Trinajstić information content (AvgIpc) is 2.54. The Kier molecular flexibility index (Phi) is 2.84. The summed E-state index contributed by atoms with van der Waals surface area (Å²) in [6.07, 6.45) is 0. The lowest BCUT2D eigenvalue weighted by Crippen LogP contribution is -2.01.